The molecule has 11 heteroatoms. The predicted octanol–water partition coefficient (Wildman–Crippen LogP) is 20.6. The summed E-state index contributed by atoms with van der Waals surface area (Å²) in [6.45, 7) is 20.4. The zero-order valence-electron chi connectivity index (χ0n) is 42.5. The van der Waals surface area contributed by atoms with Gasteiger partial charge in [-0.1, -0.05) is 173 Å². The van der Waals surface area contributed by atoms with Gasteiger partial charge in [0.05, 0.1) is 42.6 Å². The average molecular weight is 1180 g/mol. The number of hydrogen-bond donors (Lipinski definition) is 2. The molecule has 8 aromatic carbocycles. The molecule has 0 saturated heterocycles. The Morgan fingerprint density at radius 3 is 0.947 bits per heavy atom. The first kappa shape index (κ1) is 58.7. The second-order valence-corrected chi connectivity index (χ2v) is 22.7. The van der Waals surface area contributed by atoms with Crippen LogP contribution in [0.5, 0.6) is 11.5 Å². The van der Waals surface area contributed by atoms with E-state index in [1.807, 2.05) is 156 Å². The van der Waals surface area contributed by atoms with E-state index in [1.54, 1.807) is 24.3 Å². The van der Waals surface area contributed by atoms with Crippen LogP contribution in [0.3, 0.4) is 0 Å². The van der Waals surface area contributed by atoms with E-state index in [-0.39, 0.29) is 48.5 Å². The summed E-state index contributed by atoms with van der Waals surface area (Å²) in [4.78, 5) is 9.56. The van der Waals surface area contributed by atoms with Crippen molar-refractivity contribution >= 4 is 69.1 Å². The fraction of sp³-hybridized carbons (Fsp3) is 0.125. The molecular formula is C64H56Cl4N2O2S2Zr. The molecule has 0 unspecified atom stereocenters. The summed E-state index contributed by atoms with van der Waals surface area (Å²) in [7, 11) is 0. The standard InChI is InChI=1S/2C25H21Cl2NOS.2C7H7.Zr/c2*1-25(2,3)16-12-17(15-8-5-4-6-9-15)23(29)18(13-16)24-28-21(14-30-24)22-19(26)10-7-11-20(22)27;2*1-7-5-3-2-4-6-7;/h2*4-14,29H,1-3H3;2*2-6H,1H2;/q;;2*-1;+2. The molecule has 0 saturated carbocycles. The van der Waals surface area contributed by atoms with Crippen molar-refractivity contribution in [2.45, 2.75) is 52.4 Å². The molecule has 0 atom stereocenters. The first-order chi connectivity index (χ1) is 35.3. The number of nitrogens with zero attached hydrogens (tertiary/aromatic N) is 2. The van der Waals surface area contributed by atoms with E-state index >= 15 is 0 Å². The fourth-order valence-electron chi connectivity index (χ4n) is 7.60. The zero-order valence-corrected chi connectivity index (χ0v) is 49.6. The molecule has 2 heterocycles. The Balaban J connectivity index is 0.000000191. The number of phenolic OH excluding ortho intramolecular Hbond substituents is 2. The quantitative estimate of drug-likeness (QED) is 0.163. The molecule has 10 rings (SSSR count). The largest absolute Gasteiger partial charge is 2.00 e. The number of phenols is 2. The molecule has 0 amide bonds. The van der Waals surface area contributed by atoms with Gasteiger partial charge < -0.3 is 10.2 Å². The van der Waals surface area contributed by atoms with Crippen LogP contribution < -0.4 is 0 Å². The van der Waals surface area contributed by atoms with E-state index in [0.29, 0.717) is 53.7 Å². The Morgan fingerprint density at radius 2 is 0.680 bits per heavy atom. The number of rotatable bonds is 6. The minimum Gasteiger partial charge on any atom is -0.507 e. The van der Waals surface area contributed by atoms with Crippen LogP contribution in [-0.2, 0) is 37.0 Å². The van der Waals surface area contributed by atoms with Crippen LogP contribution in [0, 0.1) is 13.8 Å². The van der Waals surface area contributed by atoms with Gasteiger partial charge in [0.25, 0.3) is 0 Å². The SMILES string of the molecule is CC(C)(C)c1cc(-c2ccccc2)c(O)c(-c2nc(-c3c(Cl)cccc3Cl)cs2)c1.CC(C)(C)c1cc(-c2ccccc2)c(O)c(-c2nc(-c3c(Cl)cccc3Cl)cs2)c1.[CH2-]c1ccccc1.[CH2-]c1ccccc1.[Zr+2]. The van der Waals surface area contributed by atoms with E-state index in [9.17, 15) is 10.2 Å². The van der Waals surface area contributed by atoms with E-state index in [0.717, 1.165) is 54.5 Å². The van der Waals surface area contributed by atoms with Crippen molar-refractivity contribution in [3.05, 3.63) is 249 Å². The maximum absolute atomic E-state index is 11.2. The van der Waals surface area contributed by atoms with Gasteiger partial charge >= 0.3 is 26.2 Å². The van der Waals surface area contributed by atoms with Gasteiger partial charge in [0, 0.05) is 33.0 Å². The smallest absolute Gasteiger partial charge is 0.507 e. The first-order valence-electron chi connectivity index (χ1n) is 23.7. The Kier molecular flexibility index (Phi) is 20.7. The molecule has 0 fully saturated rings. The van der Waals surface area contributed by atoms with Crippen molar-refractivity contribution in [3.63, 3.8) is 0 Å². The molecule has 0 aliphatic carbocycles. The molecule has 0 radical (unpaired) electrons. The van der Waals surface area contributed by atoms with Crippen LogP contribution in [0.15, 0.2) is 193 Å². The molecule has 2 N–H and O–H groups in total. The molecule has 0 aliphatic rings. The third-order valence-electron chi connectivity index (χ3n) is 11.7. The molecule has 75 heavy (non-hydrogen) atoms. The van der Waals surface area contributed by atoms with Crippen molar-refractivity contribution in [1.29, 1.82) is 0 Å². The molecular weight excluding hydrogens is 1130 g/mol. The summed E-state index contributed by atoms with van der Waals surface area (Å²) >= 11 is 28.4. The summed E-state index contributed by atoms with van der Waals surface area (Å²) in [5.41, 5.74) is 12.0. The second kappa shape index (κ2) is 26.4. The van der Waals surface area contributed by atoms with Crippen molar-refractivity contribution in [2.24, 2.45) is 0 Å². The minimum absolute atomic E-state index is 0. The van der Waals surface area contributed by atoms with Crippen molar-refractivity contribution in [2.75, 3.05) is 0 Å². The zero-order chi connectivity index (χ0) is 53.2. The van der Waals surface area contributed by atoms with Crippen LogP contribution >= 0.6 is 69.1 Å². The number of aromatic hydroxyl groups is 2. The van der Waals surface area contributed by atoms with Crippen molar-refractivity contribution in [1.82, 2.24) is 9.97 Å². The van der Waals surface area contributed by atoms with Crippen LogP contribution in [0.1, 0.15) is 63.8 Å². The predicted molar refractivity (Wildman–Crippen MR) is 319 cm³/mol. The maximum Gasteiger partial charge on any atom is 2.00 e. The van der Waals surface area contributed by atoms with E-state index in [1.165, 1.54) is 22.7 Å². The number of halogens is 4. The number of thiazole rings is 2. The summed E-state index contributed by atoms with van der Waals surface area (Å²) < 4.78 is 0. The summed E-state index contributed by atoms with van der Waals surface area (Å²) in [6, 6.07) is 58.6. The molecule has 0 aliphatic heterocycles. The topological polar surface area (TPSA) is 66.2 Å². The van der Waals surface area contributed by atoms with Gasteiger partial charge in [0.2, 0.25) is 0 Å². The Hall–Kier alpha value is -5.60. The van der Waals surface area contributed by atoms with Gasteiger partial charge in [-0.3, -0.25) is 0 Å². The van der Waals surface area contributed by atoms with Gasteiger partial charge in [-0.25, -0.2) is 9.97 Å². The van der Waals surface area contributed by atoms with E-state index in [4.69, 9.17) is 56.4 Å². The van der Waals surface area contributed by atoms with Gasteiger partial charge in [-0.2, -0.15) is 49.2 Å². The monoisotopic (exact) mass is 1180 g/mol. The Bertz CT molecular complexity index is 3180. The Morgan fingerprint density at radius 1 is 0.400 bits per heavy atom. The third kappa shape index (κ3) is 15.3. The average Bonchev–Trinajstić information content (AvgIpc) is 4.06. The second-order valence-electron chi connectivity index (χ2n) is 19.3. The molecule has 2 aromatic heterocycles. The summed E-state index contributed by atoms with van der Waals surface area (Å²) in [6.07, 6.45) is 0. The van der Waals surface area contributed by atoms with Gasteiger partial charge in [0.1, 0.15) is 21.5 Å². The normalized spacial score (nSPS) is 10.9. The van der Waals surface area contributed by atoms with Crippen LogP contribution in [0.25, 0.3) is 65.9 Å². The molecule has 10 aromatic rings. The van der Waals surface area contributed by atoms with Crippen molar-refractivity contribution < 1.29 is 36.4 Å². The van der Waals surface area contributed by atoms with Crippen LogP contribution in [0.2, 0.25) is 20.1 Å². The van der Waals surface area contributed by atoms with Gasteiger partial charge in [-0.05, 0) is 81.6 Å². The fourth-order valence-corrected chi connectivity index (χ4v) is 10.4. The van der Waals surface area contributed by atoms with Crippen molar-refractivity contribution in [3.8, 4) is 77.4 Å². The van der Waals surface area contributed by atoms with Crippen LogP contribution in [0.4, 0.5) is 0 Å². The van der Waals surface area contributed by atoms with Gasteiger partial charge in [0.15, 0.2) is 0 Å². The van der Waals surface area contributed by atoms with Gasteiger partial charge in [-0.15, -0.1) is 46.9 Å². The first-order valence-corrected chi connectivity index (χ1v) is 27.0. The third-order valence-corrected chi connectivity index (χ3v) is 14.7. The van der Waals surface area contributed by atoms with E-state index in [2.05, 4.69) is 67.5 Å². The molecule has 378 valence electrons. The number of aromatic nitrogens is 2. The van der Waals surface area contributed by atoms with Crippen LogP contribution in [-0.4, -0.2) is 20.2 Å². The molecule has 4 nitrogen and oxygen atoms in total. The molecule has 0 bridgehead atoms. The van der Waals surface area contributed by atoms with E-state index < -0.39 is 0 Å². The number of benzene rings is 8. The summed E-state index contributed by atoms with van der Waals surface area (Å²) in [5, 5.41) is 29.9. The minimum atomic E-state index is -0.0852. The maximum atomic E-state index is 11.2. The Labute approximate surface area is 489 Å². The number of hydrogen-bond acceptors (Lipinski definition) is 6. The molecule has 0 spiro atoms. The summed E-state index contributed by atoms with van der Waals surface area (Å²) in [5.74, 6) is 0.445.